The Morgan fingerprint density at radius 2 is 1.67 bits per heavy atom. The Labute approximate surface area is 207 Å². The van der Waals surface area contributed by atoms with E-state index in [0.29, 0.717) is 22.3 Å². The molecule has 1 fully saturated rings. The smallest absolute Gasteiger partial charge is 0.352 e. The van der Waals surface area contributed by atoms with Crippen molar-refractivity contribution in [2.75, 3.05) is 0 Å². The third kappa shape index (κ3) is 3.66. The van der Waals surface area contributed by atoms with E-state index >= 15 is 0 Å². The number of carbonyl (C=O) groups is 1. The van der Waals surface area contributed by atoms with Gasteiger partial charge in [-0.2, -0.15) is 0 Å². The Balaban J connectivity index is 1.63. The highest BCUT2D eigenvalue weighted by molar-refractivity contribution is 6.07. The number of carboxylic acid groups (broad SMARTS) is 1. The normalized spacial score (nSPS) is 14.4. The lowest BCUT2D eigenvalue weighted by Crippen LogP contribution is -2.11. The number of aromatic nitrogens is 3. The fourth-order valence-corrected chi connectivity index (χ4v) is 5.70. The molecular formula is C29H28FN3O3. The molecule has 6 nitrogen and oxygen atoms in total. The predicted octanol–water partition coefficient (Wildman–Crippen LogP) is 7.59. The Bertz CT molecular complexity index is 1600. The van der Waals surface area contributed by atoms with Crippen molar-refractivity contribution in [3.8, 4) is 28.1 Å². The Kier molecular flexibility index (Phi) is 5.36. The standard InChI is InChI=1S/C29H28FN3O3/c1-15(2)25-26(21-13-18(36-17-5-3-4-6-17)14-24-19(21)7-9-32-24)28(29(34)35)33-27(25)22-11-16(30)12-23-20(22)8-10-31-23/h7-15,17,31-33H,3-6H2,1-2H3,(H,34,35). The largest absolute Gasteiger partial charge is 0.490 e. The minimum atomic E-state index is -1.06. The van der Waals surface area contributed by atoms with E-state index in [2.05, 4.69) is 15.0 Å². The summed E-state index contributed by atoms with van der Waals surface area (Å²) in [6.07, 6.45) is 8.15. The van der Waals surface area contributed by atoms with Crippen LogP contribution in [0.3, 0.4) is 0 Å². The Morgan fingerprint density at radius 3 is 2.33 bits per heavy atom. The molecule has 1 aliphatic carbocycles. The zero-order valence-electron chi connectivity index (χ0n) is 20.2. The van der Waals surface area contributed by atoms with Crippen molar-refractivity contribution in [3.05, 3.63) is 65.9 Å². The van der Waals surface area contributed by atoms with Crippen LogP contribution in [0, 0.1) is 5.82 Å². The molecule has 36 heavy (non-hydrogen) atoms. The molecular weight excluding hydrogens is 457 g/mol. The van der Waals surface area contributed by atoms with E-state index in [9.17, 15) is 14.3 Å². The first kappa shape index (κ1) is 22.5. The number of halogens is 1. The highest BCUT2D eigenvalue weighted by Gasteiger charge is 2.29. The average Bonchev–Trinajstić information content (AvgIpc) is 3.63. The summed E-state index contributed by atoms with van der Waals surface area (Å²) in [5.74, 6) is -0.766. The van der Waals surface area contributed by atoms with Gasteiger partial charge in [0.2, 0.25) is 0 Å². The zero-order chi connectivity index (χ0) is 25.0. The zero-order valence-corrected chi connectivity index (χ0v) is 20.2. The van der Waals surface area contributed by atoms with Gasteiger partial charge in [0.1, 0.15) is 17.3 Å². The third-order valence-electron chi connectivity index (χ3n) is 7.25. The highest BCUT2D eigenvalue weighted by atomic mass is 19.1. The van der Waals surface area contributed by atoms with Gasteiger partial charge in [0.25, 0.3) is 0 Å². The van der Waals surface area contributed by atoms with E-state index in [0.717, 1.165) is 58.8 Å². The maximum Gasteiger partial charge on any atom is 0.352 e. The van der Waals surface area contributed by atoms with Crippen molar-refractivity contribution in [2.24, 2.45) is 0 Å². The second-order valence-corrected chi connectivity index (χ2v) is 9.95. The van der Waals surface area contributed by atoms with Crippen LogP contribution in [0.25, 0.3) is 44.2 Å². The lowest BCUT2D eigenvalue weighted by molar-refractivity contribution is 0.0692. The van der Waals surface area contributed by atoms with Crippen LogP contribution >= 0.6 is 0 Å². The number of rotatable bonds is 6. The first-order valence-electron chi connectivity index (χ1n) is 12.4. The molecule has 0 atom stereocenters. The van der Waals surface area contributed by atoms with E-state index in [1.807, 2.05) is 44.3 Å². The highest BCUT2D eigenvalue weighted by Crippen LogP contribution is 2.45. The summed E-state index contributed by atoms with van der Waals surface area (Å²) in [4.78, 5) is 22.1. The molecule has 0 aliphatic heterocycles. The molecule has 0 spiro atoms. The lowest BCUT2D eigenvalue weighted by Gasteiger charge is -2.17. The molecule has 0 bridgehead atoms. The number of aromatic carboxylic acids is 1. The van der Waals surface area contributed by atoms with Crippen LogP contribution in [0.5, 0.6) is 5.75 Å². The number of H-pyrrole nitrogens is 3. The number of ether oxygens (including phenoxy) is 1. The molecule has 3 heterocycles. The minimum Gasteiger partial charge on any atom is -0.490 e. The quantitative estimate of drug-likeness (QED) is 0.200. The van der Waals surface area contributed by atoms with Crippen LogP contribution < -0.4 is 4.74 Å². The molecule has 2 aromatic carbocycles. The molecule has 0 radical (unpaired) electrons. The molecule has 3 aromatic heterocycles. The van der Waals surface area contributed by atoms with Gasteiger partial charge < -0.3 is 24.8 Å². The van der Waals surface area contributed by atoms with Gasteiger partial charge in [0.15, 0.2) is 0 Å². The first-order chi connectivity index (χ1) is 17.4. The van der Waals surface area contributed by atoms with Crippen molar-refractivity contribution >= 4 is 27.8 Å². The van der Waals surface area contributed by atoms with E-state index < -0.39 is 5.97 Å². The van der Waals surface area contributed by atoms with Gasteiger partial charge in [-0.3, -0.25) is 0 Å². The fourth-order valence-electron chi connectivity index (χ4n) is 5.70. The van der Waals surface area contributed by atoms with Gasteiger partial charge in [0, 0.05) is 51.4 Å². The van der Waals surface area contributed by atoms with E-state index in [4.69, 9.17) is 4.74 Å². The van der Waals surface area contributed by atoms with Gasteiger partial charge >= 0.3 is 5.97 Å². The summed E-state index contributed by atoms with van der Waals surface area (Å²) in [6, 6.07) is 10.7. The number of benzene rings is 2. The average molecular weight is 486 g/mol. The van der Waals surface area contributed by atoms with Gasteiger partial charge in [-0.25, -0.2) is 9.18 Å². The predicted molar refractivity (Wildman–Crippen MR) is 139 cm³/mol. The molecule has 1 aliphatic rings. The van der Waals surface area contributed by atoms with Crippen LogP contribution in [-0.2, 0) is 0 Å². The summed E-state index contributed by atoms with van der Waals surface area (Å²) < 4.78 is 21.0. The van der Waals surface area contributed by atoms with Crippen LogP contribution in [0.2, 0.25) is 0 Å². The van der Waals surface area contributed by atoms with E-state index in [1.165, 1.54) is 12.1 Å². The second kappa shape index (κ2) is 8.59. The van der Waals surface area contributed by atoms with Crippen LogP contribution in [0.4, 0.5) is 4.39 Å². The number of fused-ring (bicyclic) bond motifs is 2. The summed E-state index contributed by atoms with van der Waals surface area (Å²) in [5, 5.41) is 12.0. The number of hydrogen-bond donors (Lipinski definition) is 4. The summed E-state index contributed by atoms with van der Waals surface area (Å²) in [7, 11) is 0. The van der Waals surface area contributed by atoms with Crippen LogP contribution in [0.15, 0.2) is 48.8 Å². The molecule has 0 saturated heterocycles. The van der Waals surface area contributed by atoms with Crippen molar-refractivity contribution in [3.63, 3.8) is 0 Å². The summed E-state index contributed by atoms with van der Waals surface area (Å²) in [6.45, 7) is 4.06. The molecule has 7 heteroatoms. The molecule has 1 saturated carbocycles. The SMILES string of the molecule is CC(C)c1c(-c2cc(F)cc3[nH]ccc23)[nH]c(C(=O)O)c1-c1cc(OC2CCCC2)cc2[nH]ccc12. The molecule has 4 N–H and O–H groups in total. The number of carboxylic acids is 1. The summed E-state index contributed by atoms with van der Waals surface area (Å²) in [5.41, 5.74) is 5.11. The number of hydrogen-bond acceptors (Lipinski definition) is 2. The molecule has 0 amide bonds. The van der Waals surface area contributed by atoms with Gasteiger partial charge in [-0.05, 0) is 73.1 Å². The number of aromatic amines is 3. The van der Waals surface area contributed by atoms with Crippen LogP contribution in [0.1, 0.15) is 61.5 Å². The molecule has 5 aromatic rings. The second-order valence-electron chi connectivity index (χ2n) is 9.95. The molecule has 184 valence electrons. The van der Waals surface area contributed by atoms with Gasteiger partial charge in [-0.1, -0.05) is 13.8 Å². The first-order valence-corrected chi connectivity index (χ1v) is 12.4. The van der Waals surface area contributed by atoms with Crippen molar-refractivity contribution in [2.45, 2.75) is 51.6 Å². The molecule has 6 rings (SSSR count). The summed E-state index contributed by atoms with van der Waals surface area (Å²) >= 11 is 0. The van der Waals surface area contributed by atoms with Crippen molar-refractivity contribution in [1.82, 2.24) is 15.0 Å². The molecule has 0 unspecified atom stereocenters. The fraction of sp³-hybridized carbons (Fsp3) is 0.276. The van der Waals surface area contributed by atoms with Crippen molar-refractivity contribution in [1.29, 1.82) is 0 Å². The maximum absolute atomic E-state index is 14.6. The van der Waals surface area contributed by atoms with Gasteiger partial charge in [0.05, 0.1) is 11.8 Å². The minimum absolute atomic E-state index is 0.0370. The Hall–Kier alpha value is -4.00. The topological polar surface area (TPSA) is 93.9 Å². The van der Waals surface area contributed by atoms with Crippen molar-refractivity contribution < 1.29 is 19.0 Å². The van der Waals surface area contributed by atoms with E-state index in [1.54, 1.807) is 6.20 Å². The van der Waals surface area contributed by atoms with E-state index in [-0.39, 0.29) is 23.5 Å². The van der Waals surface area contributed by atoms with Gasteiger partial charge in [-0.15, -0.1) is 0 Å². The third-order valence-corrected chi connectivity index (χ3v) is 7.25. The van der Waals surface area contributed by atoms with Crippen LogP contribution in [-0.4, -0.2) is 32.1 Å². The Morgan fingerprint density at radius 1 is 1.00 bits per heavy atom. The maximum atomic E-state index is 14.6. The lowest BCUT2D eigenvalue weighted by atomic mass is 9.89. The monoisotopic (exact) mass is 485 g/mol. The number of nitrogens with one attached hydrogen (secondary N) is 3.